The molecule has 0 aromatic heterocycles. The molecule has 0 spiro atoms. The van der Waals surface area contributed by atoms with Gasteiger partial charge in [0.25, 0.3) is 0 Å². The molecule has 0 aromatic carbocycles. The van der Waals surface area contributed by atoms with E-state index in [1.165, 1.54) is 12.0 Å². The normalized spacial score (nSPS) is 7.42. The van der Waals surface area contributed by atoms with Crippen LogP contribution >= 0.6 is 0 Å². The third kappa shape index (κ3) is 246. The van der Waals surface area contributed by atoms with Crippen LogP contribution < -0.4 is 0 Å². The average molecular weight is 172 g/mol. The molecule has 0 aliphatic rings. The van der Waals surface area contributed by atoms with Gasteiger partial charge in [-0.1, -0.05) is 52.7 Å². The standard InChI is InChI=1S/C5H10.C4H10.C3H8/c1-4-5(2)3;1-4(2)3;1-3-2/h4H,1-3H3;4H,1-3H3;3H2,1-2H3. The minimum absolute atomic E-state index is 0.833. The zero-order valence-electron chi connectivity index (χ0n) is 10.4. The van der Waals surface area contributed by atoms with Crippen molar-refractivity contribution in [3.8, 4) is 0 Å². The smallest absolute Gasteiger partial charge is 0.0442 e. The summed E-state index contributed by atoms with van der Waals surface area (Å²) in [6, 6.07) is 0. The van der Waals surface area contributed by atoms with Gasteiger partial charge in [0.2, 0.25) is 0 Å². The van der Waals surface area contributed by atoms with Crippen molar-refractivity contribution in [2.24, 2.45) is 5.92 Å². The summed E-state index contributed by atoms with van der Waals surface area (Å²) >= 11 is 0. The lowest BCUT2D eigenvalue weighted by Gasteiger charge is -1.79. The lowest BCUT2D eigenvalue weighted by atomic mass is 10.3. The molecule has 0 nitrogen and oxygen atoms in total. The molecule has 0 radical (unpaired) electrons. The summed E-state index contributed by atoms with van der Waals surface area (Å²) in [6.45, 7) is 17.0. The maximum atomic E-state index is 2.17. The zero-order valence-corrected chi connectivity index (χ0v) is 10.4. The Morgan fingerprint density at radius 1 is 1.08 bits per heavy atom. The Labute approximate surface area is 80.1 Å². The largest absolute Gasteiger partial charge is 0.0890 e. The van der Waals surface area contributed by atoms with Crippen LogP contribution in [0.15, 0.2) is 11.6 Å². The molecule has 0 atom stereocenters. The first-order valence-electron chi connectivity index (χ1n) is 5.01. The molecule has 0 heterocycles. The summed E-state index contributed by atoms with van der Waals surface area (Å²) in [5, 5.41) is 0. The summed E-state index contributed by atoms with van der Waals surface area (Å²) in [6.07, 6.45) is 3.33. The zero-order chi connectivity index (χ0) is 10.6. The van der Waals surface area contributed by atoms with Crippen molar-refractivity contribution in [1.29, 1.82) is 0 Å². The molecule has 0 saturated heterocycles. The topological polar surface area (TPSA) is 0 Å². The monoisotopic (exact) mass is 172 g/mol. The number of hydrogen-bond donors (Lipinski definition) is 0. The summed E-state index contributed by atoms with van der Waals surface area (Å²) in [4.78, 5) is 0. The maximum absolute atomic E-state index is 2.17. The highest BCUT2D eigenvalue weighted by atomic mass is 13.7. The highest BCUT2D eigenvalue weighted by Gasteiger charge is 1.68. The van der Waals surface area contributed by atoms with Crippen LogP contribution in [0.4, 0.5) is 0 Å². The first-order chi connectivity index (χ1) is 5.42. The van der Waals surface area contributed by atoms with Crippen LogP contribution in [0, 0.1) is 5.92 Å². The van der Waals surface area contributed by atoms with Gasteiger partial charge in [0.15, 0.2) is 0 Å². The van der Waals surface area contributed by atoms with Crippen molar-refractivity contribution < 1.29 is 0 Å². The Morgan fingerprint density at radius 2 is 1.17 bits per heavy atom. The van der Waals surface area contributed by atoms with Gasteiger partial charge in [-0.15, -0.1) is 0 Å². The van der Waals surface area contributed by atoms with Gasteiger partial charge < -0.3 is 0 Å². The SMILES string of the molecule is CC(C)C.CC=C(C)C.CCC. The van der Waals surface area contributed by atoms with Gasteiger partial charge in [0, 0.05) is 0 Å². The van der Waals surface area contributed by atoms with Crippen LogP contribution in [0.3, 0.4) is 0 Å². The lowest BCUT2D eigenvalue weighted by Crippen LogP contribution is -1.66. The Bertz CT molecular complexity index is 71.3. The lowest BCUT2D eigenvalue weighted by molar-refractivity contribution is 0.737. The van der Waals surface area contributed by atoms with Gasteiger partial charge in [-0.2, -0.15) is 0 Å². The fraction of sp³-hybridized carbons (Fsp3) is 0.833. The van der Waals surface area contributed by atoms with Crippen LogP contribution in [0.1, 0.15) is 61.8 Å². The van der Waals surface area contributed by atoms with Crippen molar-refractivity contribution in [2.75, 3.05) is 0 Å². The molecule has 0 heteroatoms. The van der Waals surface area contributed by atoms with Crippen molar-refractivity contribution in [3.63, 3.8) is 0 Å². The Morgan fingerprint density at radius 3 is 1.17 bits per heavy atom. The molecular weight excluding hydrogens is 144 g/mol. The van der Waals surface area contributed by atoms with Gasteiger partial charge in [-0.3, -0.25) is 0 Å². The van der Waals surface area contributed by atoms with Crippen LogP contribution in [-0.2, 0) is 0 Å². The van der Waals surface area contributed by atoms with Gasteiger partial charge >= 0.3 is 0 Å². The summed E-state index contributed by atoms with van der Waals surface area (Å²) in [5.41, 5.74) is 1.38. The van der Waals surface area contributed by atoms with Gasteiger partial charge in [0.05, 0.1) is 0 Å². The van der Waals surface area contributed by atoms with E-state index in [1.54, 1.807) is 0 Å². The predicted molar refractivity (Wildman–Crippen MR) is 61.6 cm³/mol. The fourth-order valence-electron chi connectivity index (χ4n) is 0. The van der Waals surface area contributed by atoms with Crippen LogP contribution in [0.5, 0.6) is 0 Å². The molecule has 0 aliphatic heterocycles. The third-order valence-electron chi connectivity index (χ3n) is 0.577. The Kier molecular flexibility index (Phi) is 25.1. The van der Waals surface area contributed by atoms with E-state index in [4.69, 9.17) is 0 Å². The Hall–Kier alpha value is -0.260. The van der Waals surface area contributed by atoms with Crippen LogP contribution in [0.2, 0.25) is 0 Å². The van der Waals surface area contributed by atoms with Crippen molar-refractivity contribution in [3.05, 3.63) is 11.6 Å². The van der Waals surface area contributed by atoms with Gasteiger partial charge in [0.1, 0.15) is 0 Å². The second-order valence-corrected chi connectivity index (χ2v) is 3.81. The molecule has 12 heavy (non-hydrogen) atoms. The van der Waals surface area contributed by atoms with E-state index in [1.807, 2.05) is 6.92 Å². The molecule has 0 N–H and O–H groups in total. The van der Waals surface area contributed by atoms with Gasteiger partial charge in [-0.05, 0) is 26.7 Å². The predicted octanol–water partition coefficient (Wildman–Crippen LogP) is 5.05. The quantitative estimate of drug-likeness (QED) is 0.448. The molecule has 0 aromatic rings. The maximum Gasteiger partial charge on any atom is -0.0442 e. The summed E-state index contributed by atoms with van der Waals surface area (Å²) in [5.74, 6) is 0.833. The van der Waals surface area contributed by atoms with Crippen LogP contribution in [0.25, 0.3) is 0 Å². The average Bonchev–Trinajstić information content (AvgIpc) is 1.88. The third-order valence-corrected chi connectivity index (χ3v) is 0.577. The minimum atomic E-state index is 0.833. The van der Waals surface area contributed by atoms with E-state index >= 15 is 0 Å². The second-order valence-electron chi connectivity index (χ2n) is 3.81. The van der Waals surface area contributed by atoms with Crippen molar-refractivity contribution >= 4 is 0 Å². The first kappa shape index (κ1) is 17.7. The van der Waals surface area contributed by atoms with Crippen molar-refractivity contribution in [1.82, 2.24) is 0 Å². The molecule has 0 bridgehead atoms. The van der Waals surface area contributed by atoms with E-state index in [0.717, 1.165) is 5.92 Å². The Balaban J connectivity index is -0.000000105. The molecule has 0 fully saturated rings. The van der Waals surface area contributed by atoms with E-state index < -0.39 is 0 Å². The van der Waals surface area contributed by atoms with E-state index in [0.29, 0.717) is 0 Å². The molecule has 0 aliphatic carbocycles. The van der Waals surface area contributed by atoms with E-state index in [9.17, 15) is 0 Å². The molecule has 0 rings (SSSR count). The number of hydrogen-bond acceptors (Lipinski definition) is 0. The second kappa shape index (κ2) is 17.0. The molecular formula is C12H28. The number of rotatable bonds is 0. The molecule has 0 unspecified atom stereocenters. The van der Waals surface area contributed by atoms with Gasteiger partial charge in [-0.25, -0.2) is 0 Å². The van der Waals surface area contributed by atoms with E-state index in [-0.39, 0.29) is 0 Å². The highest BCUT2D eigenvalue weighted by Crippen LogP contribution is 1.82. The first-order valence-corrected chi connectivity index (χ1v) is 5.01. The minimum Gasteiger partial charge on any atom is -0.0890 e. The number of allylic oxidation sites excluding steroid dienone is 2. The molecule has 0 saturated carbocycles. The van der Waals surface area contributed by atoms with Crippen molar-refractivity contribution in [2.45, 2.75) is 61.8 Å². The molecule has 76 valence electrons. The summed E-state index contributed by atoms with van der Waals surface area (Å²) in [7, 11) is 0. The van der Waals surface area contributed by atoms with Crippen LogP contribution in [-0.4, -0.2) is 0 Å². The fourth-order valence-corrected chi connectivity index (χ4v) is 0. The summed E-state index contributed by atoms with van der Waals surface area (Å²) < 4.78 is 0. The highest BCUT2D eigenvalue weighted by molar-refractivity contribution is 4.88. The molecule has 0 amide bonds. The van der Waals surface area contributed by atoms with E-state index in [2.05, 4.69) is 54.5 Å².